The third kappa shape index (κ3) is 8.98. The van der Waals surface area contributed by atoms with Crippen LogP contribution >= 0.6 is 0 Å². The molecule has 0 aromatic carbocycles. The maximum atomic E-state index is 5.44. The van der Waals surface area contributed by atoms with Crippen molar-refractivity contribution in [3.05, 3.63) is 11.9 Å². The van der Waals surface area contributed by atoms with Crippen molar-refractivity contribution in [2.24, 2.45) is 7.05 Å². The van der Waals surface area contributed by atoms with Gasteiger partial charge in [0.1, 0.15) is 0 Å². The molecule has 0 radical (unpaired) electrons. The molecule has 0 aliphatic rings. The average molecular weight is 287 g/mol. The van der Waals surface area contributed by atoms with Crippen LogP contribution in [0.5, 0.6) is 0 Å². The second-order valence-electron chi connectivity index (χ2n) is 4.17. The molecule has 0 aliphatic heterocycles. The van der Waals surface area contributed by atoms with Crippen molar-refractivity contribution in [3.8, 4) is 0 Å². The van der Waals surface area contributed by atoms with Crippen molar-refractivity contribution in [1.29, 1.82) is 0 Å². The number of hydrogen-bond acceptors (Lipinski definition) is 6. The topological polar surface area (TPSA) is 67.6 Å². The Labute approximate surface area is 120 Å². The van der Waals surface area contributed by atoms with Crippen LogP contribution in [0.4, 0.5) is 0 Å². The van der Waals surface area contributed by atoms with Gasteiger partial charge in [-0.3, -0.25) is 4.68 Å². The Bertz CT molecular complexity index is 333. The van der Waals surface area contributed by atoms with Gasteiger partial charge in [0, 0.05) is 26.3 Å². The van der Waals surface area contributed by atoms with Crippen LogP contribution in [-0.4, -0.2) is 67.8 Å². The first-order chi connectivity index (χ1) is 9.83. The Hall–Kier alpha value is -1.02. The van der Waals surface area contributed by atoms with Crippen molar-refractivity contribution in [2.75, 3.05) is 52.9 Å². The largest absolute Gasteiger partial charge is 0.379 e. The summed E-state index contributed by atoms with van der Waals surface area (Å²) in [6, 6.07) is 0. The first-order valence-electron chi connectivity index (χ1n) is 6.99. The summed E-state index contributed by atoms with van der Waals surface area (Å²) >= 11 is 0. The van der Waals surface area contributed by atoms with Gasteiger partial charge in [-0.05, 0) is 6.92 Å². The number of nitrogens with zero attached hydrogens (tertiary/aromatic N) is 3. The van der Waals surface area contributed by atoms with Gasteiger partial charge in [0.15, 0.2) is 0 Å². The highest BCUT2D eigenvalue weighted by Gasteiger charge is 1.98. The van der Waals surface area contributed by atoms with E-state index < -0.39 is 0 Å². The lowest BCUT2D eigenvalue weighted by Gasteiger charge is -2.06. The molecule has 0 saturated carbocycles. The third-order valence-electron chi connectivity index (χ3n) is 2.47. The van der Waals surface area contributed by atoms with Gasteiger partial charge in [-0.25, -0.2) is 0 Å². The number of ether oxygens (including phenoxy) is 4. The van der Waals surface area contributed by atoms with Gasteiger partial charge < -0.3 is 18.9 Å². The zero-order chi connectivity index (χ0) is 14.5. The molecule has 0 N–H and O–H groups in total. The van der Waals surface area contributed by atoms with Crippen LogP contribution in [-0.2, 0) is 32.4 Å². The van der Waals surface area contributed by atoms with Crippen molar-refractivity contribution in [2.45, 2.75) is 13.3 Å². The summed E-state index contributed by atoms with van der Waals surface area (Å²) in [5.74, 6) is 0. The molecule has 0 aliphatic carbocycles. The number of rotatable bonds is 13. The molecule has 1 aromatic rings. The molecule has 116 valence electrons. The minimum atomic E-state index is 0.579. The molecule has 0 unspecified atom stereocenters. The van der Waals surface area contributed by atoms with Crippen LogP contribution in [0.25, 0.3) is 0 Å². The lowest BCUT2D eigenvalue weighted by Crippen LogP contribution is -2.12. The van der Waals surface area contributed by atoms with Crippen LogP contribution < -0.4 is 0 Å². The third-order valence-corrected chi connectivity index (χ3v) is 2.47. The summed E-state index contributed by atoms with van der Waals surface area (Å²) in [7, 11) is 1.85. The van der Waals surface area contributed by atoms with Crippen LogP contribution in [0.1, 0.15) is 12.6 Å². The fourth-order valence-corrected chi connectivity index (χ4v) is 1.49. The number of hydrogen-bond donors (Lipinski definition) is 0. The first-order valence-corrected chi connectivity index (χ1v) is 6.99. The Morgan fingerprint density at radius 2 is 1.45 bits per heavy atom. The summed E-state index contributed by atoms with van der Waals surface area (Å²) in [6.45, 7) is 6.92. The highest BCUT2D eigenvalue weighted by Crippen LogP contribution is 1.93. The van der Waals surface area contributed by atoms with E-state index in [1.807, 2.05) is 20.2 Å². The monoisotopic (exact) mass is 287 g/mol. The zero-order valence-electron chi connectivity index (χ0n) is 12.4. The Morgan fingerprint density at radius 1 is 0.900 bits per heavy atom. The van der Waals surface area contributed by atoms with Gasteiger partial charge in [0.2, 0.25) is 0 Å². The smallest absolute Gasteiger partial charge is 0.0849 e. The lowest BCUT2D eigenvalue weighted by molar-refractivity contribution is -0.000195. The van der Waals surface area contributed by atoms with Gasteiger partial charge >= 0.3 is 0 Å². The maximum Gasteiger partial charge on any atom is 0.0849 e. The molecule has 7 nitrogen and oxygen atoms in total. The molecule has 7 heteroatoms. The van der Waals surface area contributed by atoms with Crippen LogP contribution in [0, 0.1) is 0 Å². The molecule has 0 atom stereocenters. The first kappa shape index (κ1) is 17.0. The number of aromatic nitrogens is 3. The van der Waals surface area contributed by atoms with Crippen molar-refractivity contribution < 1.29 is 18.9 Å². The molecule has 1 heterocycles. The molecule has 0 bridgehead atoms. The van der Waals surface area contributed by atoms with Crippen molar-refractivity contribution >= 4 is 0 Å². The minimum Gasteiger partial charge on any atom is -0.379 e. The maximum absolute atomic E-state index is 5.44. The van der Waals surface area contributed by atoms with Gasteiger partial charge in [0.25, 0.3) is 0 Å². The SMILES string of the molecule is CCOCCOCCOCCOCCc1cn(C)nn1. The van der Waals surface area contributed by atoms with Gasteiger partial charge in [-0.1, -0.05) is 5.21 Å². The molecule has 1 rings (SSSR count). The van der Waals surface area contributed by atoms with E-state index in [0.717, 1.165) is 18.7 Å². The lowest BCUT2D eigenvalue weighted by atomic mass is 10.3. The van der Waals surface area contributed by atoms with Gasteiger partial charge in [-0.2, -0.15) is 0 Å². The van der Waals surface area contributed by atoms with Gasteiger partial charge in [-0.15, -0.1) is 5.10 Å². The van der Waals surface area contributed by atoms with E-state index in [9.17, 15) is 0 Å². The van der Waals surface area contributed by atoms with Crippen LogP contribution in [0.3, 0.4) is 0 Å². The van der Waals surface area contributed by atoms with Crippen molar-refractivity contribution in [3.63, 3.8) is 0 Å². The fraction of sp³-hybridized carbons (Fsp3) is 0.846. The van der Waals surface area contributed by atoms with E-state index in [1.54, 1.807) is 4.68 Å². The van der Waals surface area contributed by atoms with Crippen LogP contribution in [0.15, 0.2) is 6.20 Å². The fourth-order valence-electron chi connectivity index (χ4n) is 1.49. The standard InChI is InChI=1S/C13H25N3O4/c1-3-17-6-7-19-10-11-20-9-8-18-5-4-13-12-16(2)15-14-13/h12H,3-11H2,1-2H3. The summed E-state index contributed by atoms with van der Waals surface area (Å²) < 4.78 is 23.0. The normalized spacial score (nSPS) is 11.1. The molecule has 0 amide bonds. The van der Waals surface area contributed by atoms with Gasteiger partial charge in [0.05, 0.1) is 51.9 Å². The highest BCUT2D eigenvalue weighted by molar-refractivity contribution is 4.91. The van der Waals surface area contributed by atoms with E-state index >= 15 is 0 Å². The summed E-state index contributed by atoms with van der Waals surface area (Å²) in [5.41, 5.74) is 0.941. The van der Waals surface area contributed by atoms with Crippen LogP contribution in [0.2, 0.25) is 0 Å². The second kappa shape index (κ2) is 11.8. The second-order valence-corrected chi connectivity index (χ2v) is 4.17. The summed E-state index contributed by atoms with van der Waals surface area (Å²) in [4.78, 5) is 0. The molecular weight excluding hydrogens is 262 g/mol. The number of aryl methyl sites for hydroxylation is 1. The molecule has 20 heavy (non-hydrogen) atoms. The quantitative estimate of drug-likeness (QED) is 0.491. The molecular formula is C13H25N3O4. The predicted molar refractivity (Wildman–Crippen MR) is 73.7 cm³/mol. The predicted octanol–water partition coefficient (Wildman–Crippen LogP) is 0.444. The summed E-state index contributed by atoms with van der Waals surface area (Å²) in [5, 5.41) is 7.84. The van der Waals surface area contributed by atoms with E-state index in [4.69, 9.17) is 18.9 Å². The van der Waals surface area contributed by atoms with E-state index in [-0.39, 0.29) is 0 Å². The molecule has 0 fully saturated rings. The molecule has 0 saturated heterocycles. The Balaban J connectivity index is 1.76. The molecule has 0 spiro atoms. The average Bonchev–Trinajstić information content (AvgIpc) is 2.86. The minimum absolute atomic E-state index is 0.579. The molecule has 1 aromatic heterocycles. The van der Waals surface area contributed by atoms with E-state index in [1.165, 1.54) is 0 Å². The Kier molecular flexibility index (Phi) is 10.0. The van der Waals surface area contributed by atoms with E-state index in [0.29, 0.717) is 46.2 Å². The van der Waals surface area contributed by atoms with E-state index in [2.05, 4.69) is 10.3 Å². The zero-order valence-corrected chi connectivity index (χ0v) is 12.4. The summed E-state index contributed by atoms with van der Waals surface area (Å²) in [6.07, 6.45) is 2.66. The van der Waals surface area contributed by atoms with Crippen molar-refractivity contribution in [1.82, 2.24) is 15.0 Å². The Morgan fingerprint density at radius 3 is 1.95 bits per heavy atom. The highest BCUT2D eigenvalue weighted by atomic mass is 16.6.